The van der Waals surface area contributed by atoms with Gasteiger partial charge >= 0.3 is 11.9 Å². The van der Waals surface area contributed by atoms with E-state index in [1.165, 1.54) is 25.0 Å². The predicted octanol–water partition coefficient (Wildman–Crippen LogP) is 4.80. The Hall–Kier alpha value is -4.69. The molecule has 280 valence electrons. The maximum atomic E-state index is 14.5. The number of anilines is 1. The van der Waals surface area contributed by atoms with E-state index in [2.05, 4.69) is 31.9 Å². The lowest BCUT2D eigenvalue weighted by Crippen LogP contribution is -2.54. The van der Waals surface area contributed by atoms with Gasteiger partial charge in [-0.2, -0.15) is 0 Å². The topological polar surface area (TPSA) is 162 Å². The average molecular weight is 784 g/mol. The SMILES string of the molecule is COc1ccc2cc(Br)ccc2c1CN1C(=O)[C@@H](NC(=O)[C@H](C)NCC(=O)OC(C)(C)C)COc2c(C(=O)NC(C)C(=O)OC(C)(C)C)cccc21. The molecule has 0 aliphatic carbocycles. The fourth-order valence-electron chi connectivity index (χ4n) is 5.46. The summed E-state index contributed by atoms with van der Waals surface area (Å²) in [5.74, 6) is -2.25. The van der Waals surface area contributed by atoms with Crippen LogP contribution in [0.2, 0.25) is 0 Å². The van der Waals surface area contributed by atoms with Crippen LogP contribution in [-0.4, -0.2) is 79.2 Å². The van der Waals surface area contributed by atoms with Crippen molar-refractivity contribution in [2.75, 3.05) is 25.2 Å². The zero-order valence-corrected chi connectivity index (χ0v) is 32.6. The number of hydrogen-bond donors (Lipinski definition) is 3. The average Bonchev–Trinajstić information content (AvgIpc) is 3.17. The highest BCUT2D eigenvalue weighted by atomic mass is 79.9. The zero-order valence-electron chi connectivity index (χ0n) is 31.0. The number of carbonyl (C=O) groups excluding carboxylic acids is 5. The number of amides is 3. The number of carbonyl (C=O) groups is 5. The summed E-state index contributed by atoms with van der Waals surface area (Å²) in [6.07, 6.45) is 0. The zero-order chi connectivity index (χ0) is 38.5. The largest absolute Gasteiger partial charge is 0.496 e. The number of benzene rings is 3. The number of para-hydroxylation sites is 1. The van der Waals surface area contributed by atoms with E-state index in [0.717, 1.165) is 15.2 Å². The molecule has 4 rings (SSSR count). The van der Waals surface area contributed by atoms with Crippen molar-refractivity contribution in [2.24, 2.45) is 0 Å². The van der Waals surface area contributed by atoms with Gasteiger partial charge in [-0.05, 0) is 96.5 Å². The van der Waals surface area contributed by atoms with E-state index in [1.807, 2.05) is 30.3 Å². The van der Waals surface area contributed by atoms with E-state index in [-0.39, 0.29) is 36.7 Å². The molecule has 0 saturated carbocycles. The smallest absolute Gasteiger partial charge is 0.328 e. The standard InChI is InChI=1S/C38H47BrN4O9/c1-21(40-18-31(44)51-37(3,4)5)33(45)42-28-20-50-32-26(34(46)41-22(2)36(48)52-38(6,7)8)11-10-12-29(32)43(35(28)47)19-27-25-15-14-24(39)17-23(25)13-16-30(27)49-9/h10-17,21-22,28,40H,18-20H2,1-9H3,(H,41,46)(H,42,45)/t21-,22?,28-/m0/s1. The van der Waals surface area contributed by atoms with Crippen LogP contribution >= 0.6 is 15.9 Å². The number of esters is 2. The molecule has 3 aromatic carbocycles. The number of hydrogen-bond acceptors (Lipinski definition) is 10. The molecule has 14 heteroatoms. The van der Waals surface area contributed by atoms with Crippen LogP contribution in [0.1, 0.15) is 71.3 Å². The highest BCUT2D eigenvalue weighted by Crippen LogP contribution is 2.39. The second kappa shape index (κ2) is 16.3. The van der Waals surface area contributed by atoms with Gasteiger partial charge in [-0.15, -0.1) is 0 Å². The van der Waals surface area contributed by atoms with Gasteiger partial charge in [0, 0.05) is 10.0 Å². The van der Waals surface area contributed by atoms with E-state index >= 15 is 0 Å². The first-order chi connectivity index (χ1) is 24.3. The molecule has 1 unspecified atom stereocenters. The second-order valence-electron chi connectivity index (χ2n) is 14.5. The lowest BCUT2D eigenvalue weighted by atomic mass is 10.0. The molecule has 0 fully saturated rings. The van der Waals surface area contributed by atoms with Gasteiger partial charge in [-0.25, -0.2) is 4.79 Å². The summed E-state index contributed by atoms with van der Waals surface area (Å²) in [5, 5.41) is 9.97. The van der Waals surface area contributed by atoms with Crippen molar-refractivity contribution in [1.29, 1.82) is 0 Å². The van der Waals surface area contributed by atoms with E-state index in [1.54, 1.807) is 60.6 Å². The summed E-state index contributed by atoms with van der Waals surface area (Å²) in [6.45, 7) is 12.9. The molecule has 3 amide bonds. The third-order valence-corrected chi connectivity index (χ3v) is 8.36. The Bertz CT molecular complexity index is 1850. The molecule has 1 aliphatic heterocycles. The van der Waals surface area contributed by atoms with Gasteiger partial charge in [-0.3, -0.25) is 24.5 Å². The molecule has 52 heavy (non-hydrogen) atoms. The van der Waals surface area contributed by atoms with Gasteiger partial charge < -0.3 is 34.5 Å². The van der Waals surface area contributed by atoms with Crippen molar-refractivity contribution in [3.8, 4) is 11.5 Å². The van der Waals surface area contributed by atoms with Crippen LogP contribution in [0.3, 0.4) is 0 Å². The summed E-state index contributed by atoms with van der Waals surface area (Å²) in [6, 6.07) is 11.2. The summed E-state index contributed by atoms with van der Waals surface area (Å²) in [7, 11) is 1.54. The van der Waals surface area contributed by atoms with Crippen molar-refractivity contribution in [2.45, 2.75) is 91.3 Å². The van der Waals surface area contributed by atoms with Crippen molar-refractivity contribution in [1.82, 2.24) is 16.0 Å². The Morgan fingerprint density at radius 2 is 1.65 bits per heavy atom. The molecule has 0 aromatic heterocycles. The van der Waals surface area contributed by atoms with Crippen molar-refractivity contribution in [3.05, 3.63) is 64.1 Å². The number of methoxy groups -OCH3 is 1. The summed E-state index contributed by atoms with van der Waals surface area (Å²) >= 11 is 3.52. The van der Waals surface area contributed by atoms with Gasteiger partial charge in [0.2, 0.25) is 5.91 Å². The third kappa shape index (κ3) is 10.2. The second-order valence-corrected chi connectivity index (χ2v) is 15.4. The van der Waals surface area contributed by atoms with E-state index in [4.69, 9.17) is 18.9 Å². The number of nitrogens with zero attached hydrogens (tertiary/aromatic N) is 1. The Morgan fingerprint density at radius 1 is 0.962 bits per heavy atom. The van der Waals surface area contributed by atoms with Crippen LogP contribution in [0.4, 0.5) is 5.69 Å². The monoisotopic (exact) mass is 782 g/mol. The highest BCUT2D eigenvalue weighted by molar-refractivity contribution is 9.10. The lowest BCUT2D eigenvalue weighted by molar-refractivity contribution is -0.157. The highest BCUT2D eigenvalue weighted by Gasteiger charge is 2.36. The first-order valence-electron chi connectivity index (χ1n) is 16.9. The quantitative estimate of drug-likeness (QED) is 0.231. The summed E-state index contributed by atoms with van der Waals surface area (Å²) < 4.78 is 23.5. The first kappa shape index (κ1) is 40.1. The third-order valence-electron chi connectivity index (χ3n) is 7.87. The van der Waals surface area contributed by atoms with Crippen molar-refractivity contribution >= 4 is 62.0 Å². The number of rotatable bonds is 11. The van der Waals surface area contributed by atoms with E-state index in [9.17, 15) is 24.0 Å². The van der Waals surface area contributed by atoms with Crippen molar-refractivity contribution in [3.63, 3.8) is 0 Å². The predicted molar refractivity (Wildman–Crippen MR) is 199 cm³/mol. The number of fused-ring (bicyclic) bond motifs is 2. The summed E-state index contributed by atoms with van der Waals surface area (Å²) in [5.41, 5.74) is -0.435. The van der Waals surface area contributed by atoms with E-state index in [0.29, 0.717) is 11.3 Å². The fourth-order valence-corrected chi connectivity index (χ4v) is 5.84. The molecular formula is C38H47BrN4O9. The molecule has 0 bridgehead atoms. The molecule has 3 atom stereocenters. The molecule has 0 radical (unpaired) electrons. The number of nitrogens with one attached hydrogen (secondary N) is 3. The minimum atomic E-state index is -1.20. The minimum absolute atomic E-state index is 0.0183. The van der Waals surface area contributed by atoms with Crippen LogP contribution in [0.15, 0.2) is 53.0 Å². The molecule has 0 saturated heterocycles. The van der Waals surface area contributed by atoms with Crippen LogP contribution in [0, 0.1) is 0 Å². The Balaban J connectivity index is 1.70. The van der Waals surface area contributed by atoms with Gasteiger partial charge in [0.25, 0.3) is 11.8 Å². The molecule has 1 aliphatic rings. The first-order valence-corrected chi connectivity index (χ1v) is 17.7. The van der Waals surface area contributed by atoms with Crippen LogP contribution < -0.4 is 30.3 Å². The van der Waals surface area contributed by atoms with Crippen molar-refractivity contribution < 1.29 is 42.9 Å². The maximum Gasteiger partial charge on any atom is 0.328 e. The van der Waals surface area contributed by atoms with E-state index < -0.39 is 59.0 Å². The molecule has 0 spiro atoms. The Morgan fingerprint density at radius 3 is 2.31 bits per heavy atom. The van der Waals surface area contributed by atoms with Gasteiger partial charge in [0.05, 0.1) is 37.5 Å². The molecule has 1 heterocycles. The minimum Gasteiger partial charge on any atom is -0.496 e. The molecular weight excluding hydrogens is 736 g/mol. The van der Waals surface area contributed by atoms with Crippen LogP contribution in [0.25, 0.3) is 10.8 Å². The Kier molecular flexibility index (Phi) is 12.6. The normalized spacial score (nSPS) is 15.8. The molecule has 3 N–H and O–H groups in total. The molecule has 13 nitrogen and oxygen atoms in total. The Labute approximate surface area is 312 Å². The van der Waals surface area contributed by atoms with Gasteiger partial charge in [-0.1, -0.05) is 34.1 Å². The van der Waals surface area contributed by atoms with Crippen LogP contribution in [-0.2, 0) is 35.2 Å². The van der Waals surface area contributed by atoms with Crippen LogP contribution in [0.5, 0.6) is 11.5 Å². The molecule has 3 aromatic rings. The number of halogens is 1. The lowest BCUT2D eigenvalue weighted by Gasteiger charge is -2.27. The number of ether oxygens (including phenoxy) is 4. The van der Waals surface area contributed by atoms with Gasteiger partial charge in [0.1, 0.15) is 35.6 Å². The van der Waals surface area contributed by atoms with Gasteiger partial charge in [0.15, 0.2) is 5.75 Å². The summed E-state index contributed by atoms with van der Waals surface area (Å²) in [4.78, 5) is 68.0. The fraction of sp³-hybridized carbons (Fsp3) is 0.447. The maximum absolute atomic E-state index is 14.5.